The molecular formula is C14H20N2O4. The molecule has 0 aromatic heterocycles. The molecule has 0 saturated carbocycles. The lowest BCUT2D eigenvalue weighted by Crippen LogP contribution is -2.43. The minimum atomic E-state index is -0.614. The molecule has 110 valence electrons. The third-order valence-electron chi connectivity index (χ3n) is 2.86. The Labute approximate surface area is 117 Å². The summed E-state index contributed by atoms with van der Waals surface area (Å²) < 4.78 is 5.29. The normalized spacial score (nSPS) is 12.0. The highest BCUT2D eigenvalue weighted by Crippen LogP contribution is 2.16. The van der Waals surface area contributed by atoms with Gasteiger partial charge in [0, 0.05) is 0 Å². The molecule has 0 aliphatic heterocycles. The van der Waals surface area contributed by atoms with Crippen LogP contribution in [0.4, 0.5) is 0 Å². The van der Waals surface area contributed by atoms with E-state index in [1.165, 1.54) is 6.07 Å². The fourth-order valence-corrected chi connectivity index (χ4v) is 1.61. The van der Waals surface area contributed by atoms with Gasteiger partial charge in [0.1, 0.15) is 5.75 Å². The Balaban J connectivity index is 2.59. The first-order chi connectivity index (χ1) is 9.45. The molecule has 0 unspecified atom stereocenters. The van der Waals surface area contributed by atoms with E-state index in [-0.39, 0.29) is 42.4 Å². The Kier molecular flexibility index (Phi) is 5.99. The lowest BCUT2D eigenvalue weighted by Gasteiger charge is -2.20. The quantitative estimate of drug-likeness (QED) is 0.668. The number of para-hydroxylation sites is 1. The average Bonchev–Trinajstić information content (AvgIpc) is 2.42. The molecule has 2 amide bonds. The summed E-state index contributed by atoms with van der Waals surface area (Å²) in [7, 11) is 0. The van der Waals surface area contributed by atoms with Crippen molar-refractivity contribution in [1.82, 2.24) is 5.32 Å². The van der Waals surface area contributed by atoms with Gasteiger partial charge >= 0.3 is 0 Å². The van der Waals surface area contributed by atoms with Crippen LogP contribution in [0.5, 0.6) is 5.75 Å². The van der Waals surface area contributed by atoms with Gasteiger partial charge in [-0.2, -0.15) is 0 Å². The molecule has 1 aromatic rings. The molecule has 4 N–H and O–H groups in total. The molecule has 0 aliphatic carbocycles. The average molecular weight is 280 g/mol. The summed E-state index contributed by atoms with van der Waals surface area (Å²) in [6, 6.07) is 6.12. The van der Waals surface area contributed by atoms with E-state index in [0.717, 1.165) is 0 Å². The van der Waals surface area contributed by atoms with Crippen molar-refractivity contribution in [3.63, 3.8) is 0 Å². The van der Waals surface area contributed by atoms with Crippen LogP contribution < -0.4 is 15.8 Å². The molecule has 1 rings (SSSR count). The molecule has 0 bridgehead atoms. The summed E-state index contributed by atoms with van der Waals surface area (Å²) in [4.78, 5) is 22.9. The van der Waals surface area contributed by atoms with Crippen molar-refractivity contribution in [2.75, 3.05) is 13.2 Å². The summed E-state index contributed by atoms with van der Waals surface area (Å²) in [5.41, 5.74) is 5.44. The van der Waals surface area contributed by atoms with Crippen molar-refractivity contribution in [1.29, 1.82) is 0 Å². The van der Waals surface area contributed by atoms with Gasteiger partial charge in [-0.1, -0.05) is 26.0 Å². The number of carbonyl (C=O) groups is 2. The highest BCUT2D eigenvalue weighted by Gasteiger charge is 2.16. The van der Waals surface area contributed by atoms with Crippen LogP contribution in [0.3, 0.4) is 0 Å². The number of aliphatic hydroxyl groups excluding tert-OH is 1. The molecule has 1 atom stereocenters. The number of primary amides is 1. The van der Waals surface area contributed by atoms with Crippen LogP contribution in [0.25, 0.3) is 0 Å². The number of carbonyl (C=O) groups excluding carboxylic acids is 2. The zero-order valence-electron chi connectivity index (χ0n) is 11.6. The van der Waals surface area contributed by atoms with E-state index in [9.17, 15) is 9.59 Å². The Morgan fingerprint density at radius 2 is 2.00 bits per heavy atom. The SMILES string of the molecule is CC(C)[C@@H](CO)NC(=O)COc1ccccc1C(N)=O. The van der Waals surface area contributed by atoms with Gasteiger partial charge in [0.2, 0.25) is 0 Å². The Bertz CT molecular complexity index is 474. The number of hydrogen-bond acceptors (Lipinski definition) is 4. The van der Waals surface area contributed by atoms with Gasteiger partial charge in [-0.25, -0.2) is 0 Å². The van der Waals surface area contributed by atoms with Gasteiger partial charge in [0.25, 0.3) is 11.8 Å². The molecule has 6 heteroatoms. The van der Waals surface area contributed by atoms with Gasteiger partial charge in [-0.3, -0.25) is 9.59 Å². The number of nitrogens with two attached hydrogens (primary N) is 1. The molecule has 0 aliphatic rings. The zero-order valence-corrected chi connectivity index (χ0v) is 11.6. The molecule has 0 radical (unpaired) electrons. The summed E-state index contributed by atoms with van der Waals surface area (Å²) >= 11 is 0. The van der Waals surface area contributed by atoms with Crippen molar-refractivity contribution in [3.05, 3.63) is 29.8 Å². The number of ether oxygens (including phenoxy) is 1. The standard InChI is InChI=1S/C14H20N2O4/c1-9(2)11(7-17)16-13(18)8-20-12-6-4-3-5-10(12)14(15)19/h3-6,9,11,17H,7-8H2,1-2H3,(H2,15,19)(H,16,18)/t11-/m1/s1. The Morgan fingerprint density at radius 1 is 1.35 bits per heavy atom. The molecule has 0 fully saturated rings. The maximum absolute atomic E-state index is 11.7. The molecule has 1 aromatic carbocycles. The second-order valence-electron chi connectivity index (χ2n) is 4.75. The molecule has 6 nitrogen and oxygen atoms in total. The van der Waals surface area contributed by atoms with Crippen LogP contribution in [-0.2, 0) is 4.79 Å². The van der Waals surface area contributed by atoms with E-state index < -0.39 is 5.91 Å². The fourth-order valence-electron chi connectivity index (χ4n) is 1.61. The number of benzene rings is 1. The Hall–Kier alpha value is -2.08. The van der Waals surface area contributed by atoms with Crippen LogP contribution in [-0.4, -0.2) is 36.2 Å². The first-order valence-corrected chi connectivity index (χ1v) is 6.37. The van der Waals surface area contributed by atoms with E-state index >= 15 is 0 Å². The minimum absolute atomic E-state index is 0.113. The number of amides is 2. The summed E-state index contributed by atoms with van der Waals surface area (Å²) in [5.74, 6) is -0.601. The number of aliphatic hydroxyl groups is 1. The number of rotatable bonds is 7. The summed E-state index contributed by atoms with van der Waals surface area (Å²) in [5, 5.41) is 11.8. The minimum Gasteiger partial charge on any atom is -0.483 e. The molecule has 0 heterocycles. The van der Waals surface area contributed by atoms with Gasteiger partial charge in [0.15, 0.2) is 6.61 Å². The zero-order chi connectivity index (χ0) is 15.1. The van der Waals surface area contributed by atoms with Crippen molar-refractivity contribution < 1.29 is 19.4 Å². The van der Waals surface area contributed by atoms with Crippen molar-refractivity contribution in [3.8, 4) is 5.75 Å². The monoisotopic (exact) mass is 280 g/mol. The highest BCUT2D eigenvalue weighted by molar-refractivity contribution is 5.95. The molecule has 0 saturated heterocycles. The van der Waals surface area contributed by atoms with Crippen molar-refractivity contribution in [2.24, 2.45) is 11.7 Å². The lowest BCUT2D eigenvalue weighted by atomic mass is 10.1. The lowest BCUT2D eigenvalue weighted by molar-refractivity contribution is -0.124. The smallest absolute Gasteiger partial charge is 0.258 e. The molecular weight excluding hydrogens is 260 g/mol. The van der Waals surface area contributed by atoms with Crippen LogP contribution in [0, 0.1) is 5.92 Å². The van der Waals surface area contributed by atoms with E-state index in [0.29, 0.717) is 0 Å². The Morgan fingerprint density at radius 3 is 2.55 bits per heavy atom. The van der Waals surface area contributed by atoms with Gasteiger partial charge in [-0.05, 0) is 18.1 Å². The van der Waals surface area contributed by atoms with Crippen LogP contribution >= 0.6 is 0 Å². The van der Waals surface area contributed by atoms with Crippen molar-refractivity contribution in [2.45, 2.75) is 19.9 Å². The predicted molar refractivity (Wildman–Crippen MR) is 74.3 cm³/mol. The number of nitrogens with one attached hydrogen (secondary N) is 1. The van der Waals surface area contributed by atoms with E-state index in [2.05, 4.69) is 5.32 Å². The maximum atomic E-state index is 11.7. The van der Waals surface area contributed by atoms with Gasteiger partial charge in [0.05, 0.1) is 18.2 Å². The fraction of sp³-hybridized carbons (Fsp3) is 0.429. The third-order valence-corrected chi connectivity index (χ3v) is 2.86. The van der Waals surface area contributed by atoms with Crippen LogP contribution in [0.15, 0.2) is 24.3 Å². The first-order valence-electron chi connectivity index (χ1n) is 6.37. The summed E-state index contributed by atoms with van der Waals surface area (Å²) in [6.07, 6.45) is 0. The second kappa shape index (κ2) is 7.49. The van der Waals surface area contributed by atoms with Crippen LogP contribution in [0.2, 0.25) is 0 Å². The largest absolute Gasteiger partial charge is 0.483 e. The highest BCUT2D eigenvalue weighted by atomic mass is 16.5. The van der Waals surface area contributed by atoms with Gasteiger partial charge in [-0.15, -0.1) is 0 Å². The topological polar surface area (TPSA) is 102 Å². The van der Waals surface area contributed by atoms with Crippen LogP contribution in [0.1, 0.15) is 24.2 Å². The van der Waals surface area contributed by atoms with E-state index in [4.69, 9.17) is 15.6 Å². The van der Waals surface area contributed by atoms with E-state index in [1.807, 2.05) is 13.8 Å². The van der Waals surface area contributed by atoms with Gasteiger partial charge < -0.3 is 20.9 Å². The van der Waals surface area contributed by atoms with E-state index in [1.54, 1.807) is 18.2 Å². The predicted octanol–water partition coefficient (Wildman–Crippen LogP) is 0.297. The molecule has 0 spiro atoms. The molecule has 20 heavy (non-hydrogen) atoms. The first kappa shape index (κ1) is 16.0. The van der Waals surface area contributed by atoms with Crippen molar-refractivity contribution >= 4 is 11.8 Å². The number of hydrogen-bond donors (Lipinski definition) is 3. The second-order valence-corrected chi connectivity index (χ2v) is 4.75. The maximum Gasteiger partial charge on any atom is 0.258 e. The summed E-state index contributed by atoms with van der Waals surface area (Å²) in [6.45, 7) is 3.41. The third kappa shape index (κ3) is 4.55.